The van der Waals surface area contributed by atoms with Gasteiger partial charge in [0.05, 0.1) is 34.8 Å². The quantitative estimate of drug-likeness (QED) is 0.0361. The molecular weight excluding hydrogens is 1460 g/mol. The van der Waals surface area contributed by atoms with Crippen molar-refractivity contribution < 1.29 is 18.4 Å². The molecule has 9 aromatic carbocycles. The molecule has 13 rings (SSSR count). The van der Waals surface area contributed by atoms with E-state index in [4.69, 9.17) is 102 Å². The largest absolute Gasteiger partial charge is 0.382 e. The van der Waals surface area contributed by atoms with E-state index in [1.54, 1.807) is 42.5 Å². The molecule has 0 spiro atoms. The zero-order valence-electron chi connectivity index (χ0n) is 55.0. The van der Waals surface area contributed by atoms with Crippen LogP contribution in [0.1, 0.15) is 87.5 Å². The summed E-state index contributed by atoms with van der Waals surface area (Å²) in [4.78, 5) is 48.4. The molecule has 0 saturated heterocycles. The maximum Gasteiger partial charge on any atom is 0.315 e. The lowest BCUT2D eigenvalue weighted by molar-refractivity contribution is 0.235. The number of fused-ring (bicyclic) bond motifs is 1. The number of urea groups is 2. The highest BCUT2D eigenvalue weighted by molar-refractivity contribution is 6.33. The number of aromatic amines is 4. The smallest absolute Gasteiger partial charge is 0.315 e. The summed E-state index contributed by atoms with van der Waals surface area (Å²) < 4.78 is 28.0. The fourth-order valence-corrected chi connectivity index (χ4v) is 12.1. The van der Waals surface area contributed by atoms with Gasteiger partial charge in [-0.2, -0.15) is 15.6 Å². The number of hydrogen-bond donors (Lipinski definition) is 11. The number of halogens is 8. The van der Waals surface area contributed by atoms with Crippen LogP contribution in [0.15, 0.2) is 218 Å². The van der Waals surface area contributed by atoms with Gasteiger partial charge in [-0.3, -0.25) is 5.10 Å². The molecule has 14 N–H and O–H groups in total. The molecule has 4 aromatic heterocycles. The van der Waals surface area contributed by atoms with Crippen LogP contribution in [0.2, 0.25) is 30.5 Å². The minimum Gasteiger partial charge on any atom is -0.382 e. The summed E-state index contributed by atoms with van der Waals surface area (Å²) in [6.45, 7) is 1.18. The molecule has 19 nitrogen and oxygen atoms in total. The fraction of sp³-hybridized carbons (Fsp3) is 0.128. The second-order valence-electron chi connectivity index (χ2n) is 23.4. The van der Waals surface area contributed by atoms with E-state index >= 15 is 0 Å². The number of imidazole rings is 3. The zero-order chi connectivity index (χ0) is 73.7. The fourth-order valence-electron chi connectivity index (χ4n) is 10.7. The Kier molecular flexibility index (Phi) is 28.2. The molecule has 0 radical (unpaired) electrons. The third kappa shape index (κ3) is 22.0. The van der Waals surface area contributed by atoms with Crippen LogP contribution in [-0.2, 0) is 38.9 Å². The van der Waals surface area contributed by atoms with Gasteiger partial charge < -0.3 is 53.4 Å². The maximum absolute atomic E-state index is 14.2. The Hall–Kier alpha value is -11.1. The van der Waals surface area contributed by atoms with E-state index in [1.165, 1.54) is 24.3 Å². The summed E-state index contributed by atoms with van der Waals surface area (Å²) in [7, 11) is 0. The van der Waals surface area contributed by atoms with Gasteiger partial charge in [-0.1, -0.05) is 223 Å². The van der Waals surface area contributed by atoms with Crippen molar-refractivity contribution in [3.05, 3.63) is 323 Å². The summed E-state index contributed by atoms with van der Waals surface area (Å²) in [5, 5.41) is 40.0. The van der Waals surface area contributed by atoms with Crippen molar-refractivity contribution in [1.29, 1.82) is 10.5 Å². The number of hydrogen-bond acceptors (Lipinski definition) is 11. The van der Waals surface area contributed by atoms with Gasteiger partial charge in [0.1, 0.15) is 73.8 Å². The number of rotatable bonds is 19. The van der Waals surface area contributed by atoms with Crippen molar-refractivity contribution in [3.63, 3.8) is 0 Å². The Labute approximate surface area is 634 Å². The number of anilines is 1. The summed E-state index contributed by atoms with van der Waals surface area (Å²) >= 11 is 36.9. The van der Waals surface area contributed by atoms with Gasteiger partial charge in [-0.25, -0.2) is 33.3 Å². The molecular formula is C78H69Cl6F2N17O2. The van der Waals surface area contributed by atoms with E-state index in [0.29, 0.717) is 106 Å². The van der Waals surface area contributed by atoms with Crippen LogP contribution >= 0.6 is 69.6 Å². The highest BCUT2D eigenvalue weighted by Crippen LogP contribution is 2.34. The molecule has 0 fully saturated rings. The first kappa shape index (κ1) is 78.1. The highest BCUT2D eigenvalue weighted by atomic mass is 35.5. The number of benzene rings is 9. The lowest BCUT2D eigenvalue weighted by Crippen LogP contribution is -2.38. The minimum absolute atomic E-state index is 0. The summed E-state index contributed by atoms with van der Waals surface area (Å²) in [5.74, 6) is 0.650. The average Bonchev–Trinajstić information content (AvgIpc) is 1.68. The van der Waals surface area contributed by atoms with Gasteiger partial charge in [0.25, 0.3) is 0 Å². The van der Waals surface area contributed by atoms with Crippen molar-refractivity contribution in [2.24, 2.45) is 11.5 Å². The molecule has 4 heterocycles. The van der Waals surface area contributed by atoms with E-state index < -0.39 is 29.7 Å². The Balaban J connectivity index is 0.000000174. The number of nitrogens with two attached hydrogens (primary N) is 3. The van der Waals surface area contributed by atoms with Crippen molar-refractivity contribution in [2.45, 2.75) is 64.4 Å². The normalized spacial score (nSPS) is 11.5. The number of carbonyl (C=O) groups excluding carboxylic acids is 2. The molecule has 0 aliphatic rings. The topological polar surface area (TPSA) is 323 Å². The molecule has 27 heteroatoms. The van der Waals surface area contributed by atoms with Crippen LogP contribution in [0.3, 0.4) is 0 Å². The molecule has 0 aliphatic carbocycles. The number of H-pyrrole nitrogens is 4. The van der Waals surface area contributed by atoms with Crippen LogP contribution in [-0.4, -0.2) is 52.2 Å². The minimum atomic E-state index is -0.662. The van der Waals surface area contributed by atoms with Gasteiger partial charge in [-0.15, -0.1) is 0 Å². The number of nitrogens with zero attached hydrogens (tertiary/aromatic N) is 6. The molecule has 105 heavy (non-hydrogen) atoms. The summed E-state index contributed by atoms with van der Waals surface area (Å²) in [5.41, 5.74) is 27.1. The van der Waals surface area contributed by atoms with Gasteiger partial charge in [0.15, 0.2) is 5.82 Å². The first-order valence-electron chi connectivity index (χ1n) is 32.1. The van der Waals surface area contributed by atoms with Gasteiger partial charge in [0.2, 0.25) is 0 Å². The van der Waals surface area contributed by atoms with Crippen molar-refractivity contribution in [2.75, 3.05) is 5.73 Å². The molecule has 3 atom stereocenters. The van der Waals surface area contributed by atoms with Crippen molar-refractivity contribution in [1.82, 2.24) is 61.4 Å². The Morgan fingerprint density at radius 2 is 0.838 bits per heavy atom. The number of aromatic nitrogens is 8. The van der Waals surface area contributed by atoms with Crippen LogP contribution in [0.25, 0.3) is 44.7 Å². The monoisotopic (exact) mass is 1520 g/mol. The third-order valence-electron chi connectivity index (χ3n) is 15.9. The molecule has 0 bridgehead atoms. The van der Waals surface area contributed by atoms with Crippen LogP contribution < -0.4 is 38.5 Å². The highest BCUT2D eigenvalue weighted by Gasteiger charge is 2.25. The van der Waals surface area contributed by atoms with E-state index in [1.807, 2.05) is 164 Å². The third-order valence-corrected chi connectivity index (χ3v) is 17.4. The average molecular weight is 1530 g/mol. The number of nitrogen functional groups attached to an aromatic ring is 1. The van der Waals surface area contributed by atoms with E-state index in [-0.39, 0.29) is 40.9 Å². The predicted molar refractivity (Wildman–Crippen MR) is 413 cm³/mol. The van der Waals surface area contributed by atoms with Gasteiger partial charge in [0, 0.05) is 56.8 Å². The lowest BCUT2D eigenvalue weighted by atomic mass is 10.1. The second kappa shape index (κ2) is 37.9. The summed E-state index contributed by atoms with van der Waals surface area (Å²) in [6, 6.07) is 66.9. The van der Waals surface area contributed by atoms with E-state index in [0.717, 1.165) is 54.9 Å². The predicted octanol–water partition coefficient (Wildman–Crippen LogP) is 18.2. The van der Waals surface area contributed by atoms with E-state index in [2.05, 4.69) is 56.4 Å². The molecule has 0 saturated carbocycles. The first-order valence-corrected chi connectivity index (χ1v) is 34.4. The summed E-state index contributed by atoms with van der Waals surface area (Å²) in [6.07, 6.45) is 1.56. The molecule has 534 valence electrons. The molecule has 4 amide bonds. The maximum atomic E-state index is 14.2. The zero-order valence-corrected chi connectivity index (χ0v) is 59.6. The molecule has 13 aromatic rings. The number of carbonyl (C=O) groups is 2. The number of nitrogens with one attached hydrogen (secondary N) is 8. The Bertz CT molecular complexity index is 5160. The van der Waals surface area contributed by atoms with Gasteiger partial charge >= 0.3 is 12.1 Å². The first-order chi connectivity index (χ1) is 50.3. The number of nitriles is 2. The van der Waals surface area contributed by atoms with Gasteiger partial charge in [-0.05, 0) is 125 Å². The Morgan fingerprint density at radius 1 is 0.467 bits per heavy atom. The van der Waals surface area contributed by atoms with Crippen molar-refractivity contribution >= 4 is 98.4 Å². The lowest BCUT2D eigenvalue weighted by Gasteiger charge is -2.17. The number of amides is 4. The Morgan fingerprint density at radius 3 is 1.24 bits per heavy atom. The van der Waals surface area contributed by atoms with E-state index in [9.17, 15) is 18.4 Å². The molecule has 0 aliphatic heterocycles. The van der Waals surface area contributed by atoms with Crippen LogP contribution in [0, 0.1) is 34.3 Å². The SMILES string of the molecule is C.N#Cc1ccc(-c2nc([C@@H](N)Cc3ccccc3)[nH]c2Cl)cc1F.N#Cc1ccc(-c2nc([C@H](Cc3ccccc3)NC(=O)NCc3cccc(Cl)c3)[nH]c2Cl)cc1F.NCc1cccc(Cl)c1.Nc1n[nH]c2cc(-c3nc([C@H](Cc4ccccc4)NC(=O)NCc4cccc(Cl)c4)[nH]c3Cl)ccc12. The standard InChI is InChI=1S/C26H20Cl2FN5O.C26H23Cl2N7O.C18H14ClFN4.C7H8ClN.CH4/c27-20-8-4-7-17(11-20)15-31-26(35)32-22(12-16-5-2-1-3-6-16)25-33-23(24(28)34-25)18-9-10-19(14-30)21(29)13-18;27-18-8-4-7-16(11-18)14-30-26(36)31-21(12-15-5-2-1-3-6-15)25-32-22(23(28)33-25)17-9-10-19-20(13-17)34-35-24(19)29;19-17-16(12-6-7-13(10-21)14(20)9-12)23-18(24-17)15(22)8-11-4-2-1-3-5-11;8-7-3-1-2-6(4-7)5-9;/h1-11,13,22H,12,15H2,(H,33,34)(H2,31,32,35);1-11,13,21H,12,14H2,(H,32,33)(H3,29,34,35)(H2,30,31,36);1-7,9,15H,8,22H2,(H,23,24);1-4H,5,9H2;1H4/t22-;21-;15-;;/m000../s1. The second-order valence-corrected chi connectivity index (χ2v) is 25.8. The van der Waals surface area contributed by atoms with Crippen LogP contribution in [0.5, 0.6) is 0 Å². The van der Waals surface area contributed by atoms with Crippen molar-refractivity contribution in [3.8, 4) is 45.9 Å². The van der Waals surface area contributed by atoms with Crippen LogP contribution in [0.4, 0.5) is 24.2 Å². The molecule has 0 unspecified atom stereocenters.